The van der Waals surface area contributed by atoms with Crippen molar-refractivity contribution < 1.29 is 4.79 Å². The molecule has 0 spiro atoms. The Kier molecular flexibility index (Phi) is 3.18. The van der Waals surface area contributed by atoms with Gasteiger partial charge in [-0.1, -0.05) is 24.3 Å². The van der Waals surface area contributed by atoms with Crippen LogP contribution in [0.2, 0.25) is 0 Å². The number of carbonyl (C=O) groups excluding carboxylic acids is 1. The molecule has 5 heteroatoms. The molecule has 0 fully saturated rings. The SMILES string of the molecule is NCc1ccc(C(=O)Nc2c[nH]c3ccccc23)nc1. The van der Waals surface area contributed by atoms with Crippen molar-refractivity contribution in [1.29, 1.82) is 0 Å². The van der Waals surface area contributed by atoms with Gasteiger partial charge in [0, 0.05) is 29.8 Å². The van der Waals surface area contributed by atoms with Crippen LogP contribution in [0.4, 0.5) is 5.69 Å². The van der Waals surface area contributed by atoms with Crippen molar-refractivity contribution in [1.82, 2.24) is 9.97 Å². The molecule has 0 bridgehead atoms. The van der Waals surface area contributed by atoms with E-state index in [2.05, 4.69) is 15.3 Å². The van der Waals surface area contributed by atoms with Crippen molar-refractivity contribution in [3.05, 3.63) is 60.0 Å². The highest BCUT2D eigenvalue weighted by atomic mass is 16.1. The molecule has 1 aromatic carbocycles. The quantitative estimate of drug-likeness (QED) is 0.680. The Morgan fingerprint density at radius 2 is 2.10 bits per heavy atom. The minimum Gasteiger partial charge on any atom is -0.359 e. The van der Waals surface area contributed by atoms with Crippen LogP contribution in [0.1, 0.15) is 16.1 Å². The first-order valence-electron chi connectivity index (χ1n) is 6.30. The molecule has 0 atom stereocenters. The van der Waals surface area contributed by atoms with Crippen LogP contribution >= 0.6 is 0 Å². The first-order valence-corrected chi connectivity index (χ1v) is 6.30. The van der Waals surface area contributed by atoms with Crippen LogP contribution in [0.25, 0.3) is 10.9 Å². The molecule has 0 radical (unpaired) electrons. The molecular formula is C15H14N4O. The first-order chi connectivity index (χ1) is 9.78. The van der Waals surface area contributed by atoms with Crippen LogP contribution in [-0.2, 0) is 6.54 Å². The van der Waals surface area contributed by atoms with Gasteiger partial charge in [0.2, 0.25) is 0 Å². The summed E-state index contributed by atoms with van der Waals surface area (Å²) in [5.74, 6) is -0.238. The number of hydrogen-bond acceptors (Lipinski definition) is 3. The third-order valence-corrected chi connectivity index (χ3v) is 3.13. The summed E-state index contributed by atoms with van der Waals surface area (Å²) in [4.78, 5) is 19.4. The number of amides is 1. The van der Waals surface area contributed by atoms with E-state index in [4.69, 9.17) is 5.73 Å². The number of rotatable bonds is 3. The molecule has 20 heavy (non-hydrogen) atoms. The van der Waals surface area contributed by atoms with Gasteiger partial charge in [0.25, 0.3) is 5.91 Å². The standard InChI is InChI=1S/C15H14N4O/c16-7-10-5-6-13(17-8-10)15(20)19-14-9-18-12-4-2-1-3-11(12)14/h1-6,8-9,18H,7,16H2,(H,19,20). The van der Waals surface area contributed by atoms with E-state index in [-0.39, 0.29) is 5.91 Å². The zero-order valence-corrected chi connectivity index (χ0v) is 10.8. The molecule has 0 aliphatic heterocycles. The van der Waals surface area contributed by atoms with Crippen molar-refractivity contribution >= 4 is 22.5 Å². The second-order valence-electron chi connectivity index (χ2n) is 4.46. The highest BCUT2D eigenvalue weighted by molar-refractivity contribution is 6.08. The average molecular weight is 266 g/mol. The van der Waals surface area contributed by atoms with Crippen molar-refractivity contribution in [2.24, 2.45) is 5.73 Å². The lowest BCUT2D eigenvalue weighted by Crippen LogP contribution is -2.13. The van der Waals surface area contributed by atoms with E-state index in [0.29, 0.717) is 12.2 Å². The van der Waals surface area contributed by atoms with Gasteiger partial charge in [-0.15, -0.1) is 0 Å². The van der Waals surface area contributed by atoms with E-state index in [1.807, 2.05) is 24.3 Å². The van der Waals surface area contributed by atoms with E-state index >= 15 is 0 Å². The Bertz CT molecular complexity index is 746. The fourth-order valence-electron chi connectivity index (χ4n) is 2.04. The molecule has 0 unspecified atom stereocenters. The van der Waals surface area contributed by atoms with Gasteiger partial charge in [-0.2, -0.15) is 0 Å². The van der Waals surface area contributed by atoms with Crippen molar-refractivity contribution in [3.63, 3.8) is 0 Å². The largest absolute Gasteiger partial charge is 0.359 e. The Morgan fingerprint density at radius 3 is 2.85 bits per heavy atom. The number of benzene rings is 1. The number of aromatic nitrogens is 2. The van der Waals surface area contributed by atoms with Gasteiger partial charge in [0.1, 0.15) is 5.69 Å². The molecule has 0 aliphatic carbocycles. The molecule has 5 nitrogen and oxygen atoms in total. The molecule has 2 heterocycles. The molecule has 1 amide bonds. The van der Waals surface area contributed by atoms with Crippen LogP contribution in [0.3, 0.4) is 0 Å². The zero-order chi connectivity index (χ0) is 13.9. The normalized spacial score (nSPS) is 10.7. The number of anilines is 1. The molecule has 0 aliphatic rings. The van der Waals surface area contributed by atoms with Gasteiger partial charge < -0.3 is 16.0 Å². The summed E-state index contributed by atoms with van der Waals surface area (Å²) in [7, 11) is 0. The second-order valence-corrected chi connectivity index (χ2v) is 4.46. The number of nitrogens with two attached hydrogens (primary N) is 1. The Labute approximate surface area is 115 Å². The first kappa shape index (κ1) is 12.4. The van der Waals surface area contributed by atoms with Gasteiger partial charge in [-0.25, -0.2) is 0 Å². The van der Waals surface area contributed by atoms with E-state index in [1.165, 1.54) is 0 Å². The van der Waals surface area contributed by atoms with E-state index in [0.717, 1.165) is 22.2 Å². The molecule has 4 N–H and O–H groups in total. The molecule has 0 saturated heterocycles. The minimum absolute atomic E-state index is 0.238. The van der Waals surface area contributed by atoms with Gasteiger partial charge in [0.05, 0.1) is 5.69 Å². The third-order valence-electron chi connectivity index (χ3n) is 3.13. The monoisotopic (exact) mass is 266 g/mol. The Hall–Kier alpha value is -2.66. The fraction of sp³-hybridized carbons (Fsp3) is 0.0667. The predicted octanol–water partition coefficient (Wildman–Crippen LogP) is 2.27. The predicted molar refractivity (Wildman–Crippen MR) is 78.4 cm³/mol. The van der Waals surface area contributed by atoms with E-state index in [1.54, 1.807) is 24.5 Å². The summed E-state index contributed by atoms with van der Waals surface area (Å²) in [6.45, 7) is 0.414. The number of hydrogen-bond donors (Lipinski definition) is 3. The lowest BCUT2D eigenvalue weighted by atomic mass is 10.2. The number of pyridine rings is 1. The smallest absolute Gasteiger partial charge is 0.274 e. The fourth-order valence-corrected chi connectivity index (χ4v) is 2.04. The van der Waals surface area contributed by atoms with E-state index in [9.17, 15) is 4.79 Å². The van der Waals surface area contributed by atoms with Crippen LogP contribution in [0.5, 0.6) is 0 Å². The maximum absolute atomic E-state index is 12.1. The highest BCUT2D eigenvalue weighted by Gasteiger charge is 2.10. The lowest BCUT2D eigenvalue weighted by molar-refractivity contribution is 0.102. The number of nitrogens with one attached hydrogen (secondary N) is 2. The van der Waals surface area contributed by atoms with Gasteiger partial charge in [-0.05, 0) is 17.7 Å². The van der Waals surface area contributed by atoms with Crippen molar-refractivity contribution in [2.75, 3.05) is 5.32 Å². The molecule has 3 rings (SSSR count). The summed E-state index contributed by atoms with van der Waals surface area (Å²) in [5, 5.41) is 3.83. The maximum Gasteiger partial charge on any atom is 0.274 e. The van der Waals surface area contributed by atoms with Crippen LogP contribution in [0, 0.1) is 0 Å². The average Bonchev–Trinajstić information content (AvgIpc) is 2.91. The number of H-pyrrole nitrogens is 1. The van der Waals surface area contributed by atoms with Gasteiger partial charge in [0.15, 0.2) is 0 Å². The Balaban J connectivity index is 1.84. The summed E-state index contributed by atoms with van der Waals surface area (Å²) < 4.78 is 0. The van der Waals surface area contributed by atoms with Crippen LogP contribution in [-0.4, -0.2) is 15.9 Å². The van der Waals surface area contributed by atoms with Crippen molar-refractivity contribution in [2.45, 2.75) is 6.54 Å². The number of aromatic amines is 1. The van der Waals surface area contributed by atoms with Crippen LogP contribution in [0.15, 0.2) is 48.8 Å². The second kappa shape index (κ2) is 5.14. The summed E-state index contributed by atoms with van der Waals surface area (Å²) in [5.41, 5.74) is 8.49. The van der Waals surface area contributed by atoms with Crippen LogP contribution < -0.4 is 11.1 Å². The summed E-state index contributed by atoms with van der Waals surface area (Å²) >= 11 is 0. The van der Waals surface area contributed by atoms with Crippen molar-refractivity contribution in [3.8, 4) is 0 Å². The van der Waals surface area contributed by atoms with Gasteiger partial charge >= 0.3 is 0 Å². The zero-order valence-electron chi connectivity index (χ0n) is 10.8. The number of fused-ring (bicyclic) bond motifs is 1. The number of carbonyl (C=O) groups is 1. The molecule has 100 valence electrons. The lowest BCUT2D eigenvalue weighted by Gasteiger charge is -2.04. The minimum atomic E-state index is -0.238. The van der Waals surface area contributed by atoms with Gasteiger partial charge in [-0.3, -0.25) is 9.78 Å². The molecular weight excluding hydrogens is 252 g/mol. The number of nitrogens with zero attached hydrogens (tertiary/aromatic N) is 1. The summed E-state index contributed by atoms with van der Waals surface area (Å²) in [6.07, 6.45) is 3.39. The van der Waals surface area contributed by atoms with E-state index < -0.39 is 0 Å². The number of para-hydroxylation sites is 1. The summed E-state index contributed by atoms with van der Waals surface area (Å²) in [6, 6.07) is 11.3. The maximum atomic E-state index is 12.1. The molecule has 3 aromatic rings. The Morgan fingerprint density at radius 1 is 1.25 bits per heavy atom. The topological polar surface area (TPSA) is 83.8 Å². The third kappa shape index (κ3) is 2.26. The highest BCUT2D eigenvalue weighted by Crippen LogP contribution is 2.22. The molecule has 2 aromatic heterocycles. The molecule has 0 saturated carbocycles.